The summed E-state index contributed by atoms with van der Waals surface area (Å²) in [5.41, 5.74) is 1.50. The first-order chi connectivity index (χ1) is 11.3. The lowest BCUT2D eigenvalue weighted by Crippen LogP contribution is -2.42. The van der Waals surface area contributed by atoms with E-state index in [0.717, 1.165) is 23.1 Å². The molecule has 2 aromatic rings. The molecule has 0 fully saturated rings. The third-order valence-corrected chi connectivity index (χ3v) is 4.14. The lowest BCUT2D eigenvalue weighted by Gasteiger charge is -2.23. The van der Waals surface area contributed by atoms with Gasteiger partial charge in [0.1, 0.15) is 0 Å². The molecule has 0 saturated carbocycles. The largest absolute Gasteiger partial charge is 0.348 e. The van der Waals surface area contributed by atoms with Gasteiger partial charge < -0.3 is 10.2 Å². The Balaban J connectivity index is 2.07. The maximum atomic E-state index is 12.5. The summed E-state index contributed by atoms with van der Waals surface area (Å²) in [6.45, 7) is 5.16. The van der Waals surface area contributed by atoms with Gasteiger partial charge in [0, 0.05) is 23.3 Å². The maximum Gasteiger partial charge on any atom is 0.254 e. The highest BCUT2D eigenvalue weighted by molar-refractivity contribution is 9.10. The van der Waals surface area contributed by atoms with Crippen LogP contribution in [-0.4, -0.2) is 47.3 Å². The molecule has 1 aromatic heterocycles. The molecule has 0 radical (unpaired) electrons. The first-order valence-corrected chi connectivity index (χ1v) is 8.90. The molecule has 1 heterocycles. The molecule has 0 unspecified atom stereocenters. The molecule has 0 bridgehead atoms. The van der Waals surface area contributed by atoms with E-state index in [1.54, 1.807) is 17.1 Å². The fourth-order valence-corrected chi connectivity index (χ4v) is 2.90. The number of aromatic nitrogens is 2. The van der Waals surface area contributed by atoms with Crippen LogP contribution >= 0.6 is 15.9 Å². The van der Waals surface area contributed by atoms with Crippen LogP contribution in [0, 0.1) is 5.92 Å². The Hall–Kier alpha value is -1.66. The molecule has 0 spiro atoms. The minimum absolute atomic E-state index is 0.0779. The molecule has 0 aliphatic rings. The predicted molar refractivity (Wildman–Crippen MR) is 101 cm³/mol. The predicted octanol–water partition coefficient (Wildman–Crippen LogP) is 3.34. The molecule has 2 rings (SSSR count). The van der Waals surface area contributed by atoms with Crippen LogP contribution in [0.4, 0.5) is 0 Å². The van der Waals surface area contributed by atoms with Gasteiger partial charge in [-0.15, -0.1) is 0 Å². The Morgan fingerprint density at radius 2 is 1.96 bits per heavy atom. The molecule has 1 aromatic carbocycles. The Morgan fingerprint density at radius 3 is 2.54 bits per heavy atom. The van der Waals surface area contributed by atoms with Crippen LogP contribution in [0.15, 0.2) is 41.1 Å². The van der Waals surface area contributed by atoms with Gasteiger partial charge in [-0.05, 0) is 50.7 Å². The molecule has 1 N–H and O–H groups in total. The van der Waals surface area contributed by atoms with E-state index in [0.29, 0.717) is 11.5 Å². The first-order valence-electron chi connectivity index (χ1n) is 8.11. The van der Waals surface area contributed by atoms with Crippen molar-refractivity contribution in [3.8, 4) is 5.69 Å². The van der Waals surface area contributed by atoms with Gasteiger partial charge in [0.2, 0.25) is 0 Å². The van der Waals surface area contributed by atoms with Crippen molar-refractivity contribution in [3.05, 3.63) is 46.7 Å². The van der Waals surface area contributed by atoms with Crippen molar-refractivity contribution in [2.45, 2.75) is 26.3 Å². The van der Waals surface area contributed by atoms with Gasteiger partial charge in [-0.1, -0.05) is 29.8 Å². The number of likely N-dealkylation sites (N-methyl/N-ethyl adjacent to an activating group) is 1. The zero-order valence-electron chi connectivity index (χ0n) is 14.7. The monoisotopic (exact) mass is 392 g/mol. The topological polar surface area (TPSA) is 50.2 Å². The average Bonchev–Trinajstić information content (AvgIpc) is 2.96. The molecule has 24 heavy (non-hydrogen) atoms. The van der Waals surface area contributed by atoms with Crippen LogP contribution in [-0.2, 0) is 0 Å². The highest BCUT2D eigenvalue weighted by Gasteiger charge is 2.17. The molecule has 130 valence electrons. The molecular formula is C18H25BrN4O. The van der Waals surface area contributed by atoms with Crippen LogP contribution < -0.4 is 5.32 Å². The fourth-order valence-electron chi connectivity index (χ4n) is 2.63. The lowest BCUT2D eigenvalue weighted by molar-refractivity contribution is 0.0924. The molecule has 1 amide bonds. The number of nitrogens with one attached hydrogen (secondary N) is 1. The molecule has 1 atom stereocenters. The van der Waals surface area contributed by atoms with Crippen molar-refractivity contribution in [1.82, 2.24) is 20.0 Å². The number of amides is 1. The van der Waals surface area contributed by atoms with E-state index in [1.807, 2.05) is 38.4 Å². The normalized spacial score (nSPS) is 12.6. The Morgan fingerprint density at radius 1 is 1.29 bits per heavy atom. The van der Waals surface area contributed by atoms with Gasteiger partial charge >= 0.3 is 0 Å². The average molecular weight is 393 g/mol. The zero-order valence-corrected chi connectivity index (χ0v) is 16.2. The van der Waals surface area contributed by atoms with Crippen molar-refractivity contribution in [2.75, 3.05) is 20.6 Å². The SMILES string of the molecule is CC(C)C[C@@H](CN(C)C)NC(=O)c1cnn(-c2ccc(Br)cc2)c1. The summed E-state index contributed by atoms with van der Waals surface area (Å²) in [7, 11) is 4.04. The van der Waals surface area contributed by atoms with Gasteiger partial charge in [-0.3, -0.25) is 4.79 Å². The highest BCUT2D eigenvalue weighted by Crippen LogP contribution is 2.14. The summed E-state index contributed by atoms with van der Waals surface area (Å²) in [5.74, 6) is 0.451. The molecular weight excluding hydrogens is 368 g/mol. The van der Waals surface area contributed by atoms with Gasteiger partial charge in [0.15, 0.2) is 0 Å². The Bertz CT molecular complexity index is 654. The van der Waals surface area contributed by atoms with Crippen molar-refractivity contribution in [2.24, 2.45) is 5.92 Å². The number of carbonyl (C=O) groups is 1. The second-order valence-corrected chi connectivity index (χ2v) is 7.63. The second-order valence-electron chi connectivity index (χ2n) is 6.71. The second kappa shape index (κ2) is 8.44. The molecule has 0 saturated heterocycles. The number of hydrogen-bond acceptors (Lipinski definition) is 3. The van der Waals surface area contributed by atoms with Crippen LogP contribution in [0.1, 0.15) is 30.6 Å². The van der Waals surface area contributed by atoms with E-state index in [1.165, 1.54) is 0 Å². The highest BCUT2D eigenvalue weighted by atomic mass is 79.9. The van der Waals surface area contributed by atoms with Gasteiger partial charge in [-0.25, -0.2) is 4.68 Å². The third-order valence-electron chi connectivity index (χ3n) is 3.61. The number of carbonyl (C=O) groups excluding carboxylic acids is 1. The van der Waals surface area contributed by atoms with Crippen molar-refractivity contribution in [1.29, 1.82) is 0 Å². The Labute approximate surface area is 152 Å². The summed E-state index contributed by atoms with van der Waals surface area (Å²) >= 11 is 3.41. The minimum Gasteiger partial charge on any atom is -0.348 e. The Kier molecular flexibility index (Phi) is 6.57. The van der Waals surface area contributed by atoms with E-state index < -0.39 is 0 Å². The number of nitrogens with zero attached hydrogens (tertiary/aromatic N) is 3. The van der Waals surface area contributed by atoms with Crippen LogP contribution in [0.2, 0.25) is 0 Å². The van der Waals surface area contributed by atoms with Crippen molar-refractivity contribution < 1.29 is 4.79 Å². The summed E-state index contributed by atoms with van der Waals surface area (Å²) in [6.07, 6.45) is 4.32. The van der Waals surface area contributed by atoms with Gasteiger partial charge in [-0.2, -0.15) is 5.10 Å². The van der Waals surface area contributed by atoms with Crippen LogP contribution in [0.3, 0.4) is 0 Å². The zero-order chi connectivity index (χ0) is 17.7. The first kappa shape index (κ1) is 18.7. The summed E-state index contributed by atoms with van der Waals surface area (Å²) < 4.78 is 2.72. The van der Waals surface area contributed by atoms with E-state index >= 15 is 0 Å². The van der Waals surface area contributed by atoms with Crippen LogP contribution in [0.25, 0.3) is 5.69 Å². The maximum absolute atomic E-state index is 12.5. The smallest absolute Gasteiger partial charge is 0.254 e. The standard InChI is InChI=1S/C18H25BrN4O/c1-13(2)9-16(12-22(3)4)21-18(24)14-10-20-23(11-14)17-7-5-15(19)6-8-17/h5-8,10-11,13,16H,9,12H2,1-4H3,(H,21,24)/t16-/m0/s1. The van der Waals surface area contributed by atoms with E-state index in [4.69, 9.17) is 0 Å². The number of hydrogen-bond donors (Lipinski definition) is 1. The molecule has 6 heteroatoms. The van der Waals surface area contributed by atoms with Gasteiger partial charge in [0.25, 0.3) is 5.91 Å². The summed E-state index contributed by atoms with van der Waals surface area (Å²) in [5, 5.41) is 7.42. The van der Waals surface area contributed by atoms with E-state index in [2.05, 4.69) is 45.1 Å². The lowest BCUT2D eigenvalue weighted by atomic mass is 10.0. The van der Waals surface area contributed by atoms with Crippen LogP contribution in [0.5, 0.6) is 0 Å². The van der Waals surface area contributed by atoms with Crippen molar-refractivity contribution >= 4 is 21.8 Å². The van der Waals surface area contributed by atoms with E-state index in [9.17, 15) is 4.79 Å². The van der Waals surface area contributed by atoms with Gasteiger partial charge in [0.05, 0.1) is 17.4 Å². The molecule has 5 nitrogen and oxygen atoms in total. The fraction of sp³-hybridized carbons (Fsp3) is 0.444. The molecule has 0 aliphatic carbocycles. The van der Waals surface area contributed by atoms with E-state index in [-0.39, 0.29) is 11.9 Å². The summed E-state index contributed by atoms with van der Waals surface area (Å²) in [4.78, 5) is 14.6. The number of benzene rings is 1. The number of halogens is 1. The summed E-state index contributed by atoms with van der Waals surface area (Å²) in [6, 6.07) is 7.93. The molecule has 0 aliphatic heterocycles. The van der Waals surface area contributed by atoms with Crippen molar-refractivity contribution in [3.63, 3.8) is 0 Å². The quantitative estimate of drug-likeness (QED) is 0.785. The number of rotatable bonds is 7. The minimum atomic E-state index is -0.0779. The third kappa shape index (κ3) is 5.46.